The molecule has 8 aliphatic carbocycles. The summed E-state index contributed by atoms with van der Waals surface area (Å²) in [5.74, 6) is 16.5. The van der Waals surface area contributed by atoms with E-state index in [1.165, 1.54) is 77.0 Å². The molecule has 420 valence electrons. The van der Waals surface area contributed by atoms with Crippen LogP contribution in [0.2, 0.25) is 48.4 Å². The van der Waals surface area contributed by atoms with Crippen molar-refractivity contribution in [3.05, 3.63) is 101 Å². The van der Waals surface area contributed by atoms with Crippen molar-refractivity contribution in [2.45, 2.75) is 202 Å². The molecule has 0 bridgehead atoms. The van der Waals surface area contributed by atoms with E-state index >= 15 is 0 Å². The van der Waals surface area contributed by atoms with E-state index in [0.717, 1.165) is 138 Å². The Balaban J connectivity index is 0.000000348. The number of halogens is 6. The molecule has 0 N–H and O–H groups in total. The Labute approximate surface area is 516 Å². The van der Waals surface area contributed by atoms with Gasteiger partial charge in [-0.05, 0) is 217 Å². The van der Waals surface area contributed by atoms with Gasteiger partial charge in [-0.3, -0.25) is 0 Å². The molecule has 10 heteroatoms. The molecule has 0 radical (unpaired) electrons. The van der Waals surface area contributed by atoms with Gasteiger partial charge in [0.25, 0.3) is 0 Å². The van der Waals surface area contributed by atoms with Crippen LogP contribution in [-0.4, -0.2) is 25.8 Å². The Morgan fingerprint density at radius 2 is 0.581 bits per heavy atom. The number of rotatable bonds is 6. The summed E-state index contributed by atoms with van der Waals surface area (Å²) in [7, 11) is 16.9. The van der Waals surface area contributed by atoms with Gasteiger partial charge in [0, 0.05) is 9.65 Å². The van der Waals surface area contributed by atoms with Crippen LogP contribution in [0.4, 0.5) is 0 Å². The van der Waals surface area contributed by atoms with Crippen molar-refractivity contribution >= 4 is 82.1 Å². The molecule has 0 heterocycles. The van der Waals surface area contributed by atoms with Gasteiger partial charge in [-0.25, -0.2) is 0 Å². The summed E-state index contributed by atoms with van der Waals surface area (Å²) in [4.78, 5) is 1.56. The second-order valence-corrected chi connectivity index (χ2v) is 46.6. The average molecular weight is 1420 g/mol. The Morgan fingerprint density at radius 3 is 0.851 bits per heavy atom. The van der Waals surface area contributed by atoms with Crippen LogP contribution in [0.25, 0.3) is 0 Å². The summed E-state index contributed by atoms with van der Waals surface area (Å²) in [6.45, 7) is 32.1. The van der Waals surface area contributed by atoms with Crippen molar-refractivity contribution < 1.29 is 41.7 Å². The summed E-state index contributed by atoms with van der Waals surface area (Å²) in [6.07, 6.45) is 17.8. The standard InChI is InChI=1S/C36H52Si.C24H42Br2Si.4CH3.4ClH.2Zr/c1-23-17-19-29-31(33(23)27-13-9-7-10-14-27)21-25(3)35(29)37(5,6)36-26(4)22-32-30(36)20-18-24(2)34(32)28-15-11-8-12-16-28;1-13-7-9-17-19(21(13)25)11-15(3)23(17)27(5,6)24-16(4)12-20-18(24)10-8-14(2)22(20)26;;;;;;;;;;/h7-16,23-26,29-36H,17-22H2,1-6H3;13-24H,7-12H2,1-6H3;4*1H3;4*1H;;/q;;4*-1;;;;;2*+4/p-4. The number of alkyl halides is 2. The minimum atomic E-state index is -1.48. The van der Waals surface area contributed by atoms with Gasteiger partial charge in [-0.1, -0.05) is 174 Å². The van der Waals surface area contributed by atoms with E-state index in [9.17, 15) is 0 Å². The molecular formula is C64H106Br2Cl4Si2Zr2. The van der Waals surface area contributed by atoms with Crippen LogP contribution < -0.4 is 0 Å². The van der Waals surface area contributed by atoms with Crippen molar-refractivity contribution in [1.29, 1.82) is 0 Å². The van der Waals surface area contributed by atoms with Gasteiger partial charge < -0.3 is 29.7 Å². The molecule has 24 atom stereocenters. The molecule has 8 fully saturated rings. The molecule has 10 rings (SSSR count). The predicted molar refractivity (Wildman–Crippen MR) is 339 cm³/mol. The molecule has 0 spiro atoms. The fourth-order valence-electron chi connectivity index (χ4n) is 21.2. The zero-order valence-corrected chi connectivity index (χ0v) is 62.5. The number of hydrogen-bond donors (Lipinski definition) is 0. The quantitative estimate of drug-likeness (QED) is 0.154. The van der Waals surface area contributed by atoms with E-state index in [1.807, 2.05) is 0 Å². The number of hydrogen-bond acceptors (Lipinski definition) is 0. The third kappa shape index (κ3) is 14.6. The molecule has 2 aromatic rings. The van der Waals surface area contributed by atoms with Gasteiger partial charge in [0.2, 0.25) is 0 Å². The van der Waals surface area contributed by atoms with E-state index in [4.69, 9.17) is 34.1 Å². The average Bonchev–Trinajstić information content (AvgIpc) is 4.07. The first-order valence-corrected chi connectivity index (χ1v) is 49.4. The SMILES string of the molecule is CC1CCC2C(CC(C)C2[Si](C)(C)C2C(C)CC3C(Br)C(C)CCC32)C1Br.CC1CCC2C(CC(C)C2[Si](C)(C)C2C(C)CC3C2CCC(C)C3c2ccccc2)C1c1ccccc1.[CH3-].[CH3-].[CH3-].[CH3-].[Cl][Zr+2][Cl].[Cl][Zr+2][Cl]. The minimum absolute atomic E-state index is 0. The first-order valence-electron chi connectivity index (χ1n) is 28.6. The van der Waals surface area contributed by atoms with Gasteiger partial charge in [0.1, 0.15) is 0 Å². The molecule has 0 aliphatic heterocycles. The van der Waals surface area contributed by atoms with E-state index < -0.39 is 57.8 Å². The second-order valence-electron chi connectivity index (χ2n) is 27.0. The van der Waals surface area contributed by atoms with Crippen LogP contribution in [0.1, 0.15) is 155 Å². The Hall–Kier alpha value is 2.76. The monoisotopic (exact) mass is 1410 g/mol. The summed E-state index contributed by atoms with van der Waals surface area (Å²) in [5, 5.41) is 0. The summed E-state index contributed by atoms with van der Waals surface area (Å²) >= 11 is 6.66. The van der Waals surface area contributed by atoms with E-state index in [1.54, 1.807) is 11.1 Å². The zero-order chi connectivity index (χ0) is 51.0. The van der Waals surface area contributed by atoms with Gasteiger partial charge in [0.15, 0.2) is 0 Å². The normalized spacial score (nSPS) is 42.6. The fraction of sp³-hybridized carbons (Fsp3) is 0.750. The molecule has 8 aliphatic rings. The zero-order valence-electron chi connectivity index (χ0n) is 49.4. The first kappa shape index (κ1) is 71.0. The molecular weight excluding hydrogens is 1310 g/mol. The van der Waals surface area contributed by atoms with Gasteiger partial charge in [0.05, 0.1) is 16.1 Å². The van der Waals surface area contributed by atoms with E-state index in [0.29, 0.717) is 0 Å². The first-order chi connectivity index (χ1) is 33.3. The maximum atomic E-state index is 4.93. The Morgan fingerprint density at radius 1 is 0.351 bits per heavy atom. The topological polar surface area (TPSA) is 0 Å². The summed E-state index contributed by atoms with van der Waals surface area (Å²) < 4.78 is 0. The molecule has 0 aromatic heterocycles. The van der Waals surface area contributed by atoms with Crippen molar-refractivity contribution in [3.63, 3.8) is 0 Å². The van der Waals surface area contributed by atoms with Crippen LogP contribution in [0.5, 0.6) is 0 Å². The van der Waals surface area contributed by atoms with Crippen LogP contribution in [0.3, 0.4) is 0 Å². The van der Waals surface area contributed by atoms with Crippen LogP contribution >= 0.6 is 65.9 Å². The van der Waals surface area contributed by atoms with Gasteiger partial charge in [-0.15, -0.1) is 0 Å². The van der Waals surface area contributed by atoms with Gasteiger partial charge >= 0.3 is 75.7 Å². The molecule has 24 unspecified atom stereocenters. The van der Waals surface area contributed by atoms with Crippen LogP contribution in [-0.2, 0) is 41.7 Å². The van der Waals surface area contributed by atoms with Crippen molar-refractivity contribution in [2.75, 3.05) is 0 Å². The third-order valence-electron chi connectivity index (χ3n) is 22.8. The predicted octanol–water partition coefficient (Wildman–Crippen LogP) is 23.3. The van der Waals surface area contributed by atoms with Crippen LogP contribution in [0.15, 0.2) is 60.7 Å². The van der Waals surface area contributed by atoms with Crippen molar-refractivity contribution in [3.8, 4) is 0 Å². The molecule has 2 aromatic carbocycles. The van der Waals surface area contributed by atoms with Crippen LogP contribution in [0, 0.1) is 124 Å². The molecule has 74 heavy (non-hydrogen) atoms. The molecule has 0 saturated heterocycles. The molecule has 0 nitrogen and oxygen atoms in total. The molecule has 0 amide bonds. The number of benzene rings is 2. The third-order valence-corrected chi connectivity index (χ3v) is 36.8. The Bertz CT molecular complexity index is 1780. The summed E-state index contributed by atoms with van der Waals surface area (Å²) in [5.41, 5.74) is 7.43. The number of fused-ring (bicyclic) bond motifs is 4. The van der Waals surface area contributed by atoms with Gasteiger partial charge in [-0.2, -0.15) is 0 Å². The summed E-state index contributed by atoms with van der Waals surface area (Å²) in [6, 6.07) is 23.3. The fourth-order valence-corrected chi connectivity index (χ4v) is 36.3. The van der Waals surface area contributed by atoms with Crippen molar-refractivity contribution in [2.24, 2.45) is 94.7 Å². The second kappa shape index (κ2) is 31.1. The van der Waals surface area contributed by atoms with E-state index in [-0.39, 0.29) is 29.7 Å². The maximum absolute atomic E-state index is 4.93. The molecule has 8 saturated carbocycles. The van der Waals surface area contributed by atoms with E-state index in [2.05, 4.69) is 174 Å². The Kier molecular flexibility index (Phi) is 29.8. The van der Waals surface area contributed by atoms with Crippen molar-refractivity contribution in [1.82, 2.24) is 0 Å².